The summed E-state index contributed by atoms with van der Waals surface area (Å²) in [6, 6.07) is 2.51. The van der Waals surface area contributed by atoms with Gasteiger partial charge in [-0.3, -0.25) is 14.0 Å². The van der Waals surface area contributed by atoms with Gasteiger partial charge in [0.05, 0.1) is 29.7 Å². The first-order valence-electron chi connectivity index (χ1n) is 11.3. The molecule has 0 saturated heterocycles. The van der Waals surface area contributed by atoms with Crippen molar-refractivity contribution in [2.75, 3.05) is 5.32 Å². The highest BCUT2D eigenvalue weighted by Crippen LogP contribution is 2.30. The summed E-state index contributed by atoms with van der Waals surface area (Å²) in [5, 5.41) is 18.1. The van der Waals surface area contributed by atoms with Gasteiger partial charge in [-0.1, -0.05) is 0 Å². The molecular formula is C23H30N8O. The summed E-state index contributed by atoms with van der Waals surface area (Å²) in [7, 11) is 3.86. The molecule has 1 saturated carbocycles. The van der Waals surface area contributed by atoms with Gasteiger partial charge in [0.1, 0.15) is 11.5 Å². The van der Waals surface area contributed by atoms with E-state index in [1.54, 1.807) is 4.68 Å². The molecule has 0 amide bonds. The first-order valence-corrected chi connectivity index (χ1v) is 11.3. The third-order valence-corrected chi connectivity index (χ3v) is 6.42. The van der Waals surface area contributed by atoms with E-state index >= 15 is 0 Å². The molecule has 9 heteroatoms. The van der Waals surface area contributed by atoms with E-state index in [2.05, 4.69) is 28.5 Å². The SMILES string of the molecule is CCn1nc(-c2cnn(C)c2)c2cnc(NC3CCC(Oc4cnn(C)c4C)CC3)cc21. The fraction of sp³-hybridized carbons (Fsp3) is 0.478. The lowest BCUT2D eigenvalue weighted by Crippen LogP contribution is -2.31. The minimum atomic E-state index is 0.245. The second-order valence-corrected chi connectivity index (χ2v) is 8.61. The van der Waals surface area contributed by atoms with Crippen molar-refractivity contribution in [1.82, 2.24) is 34.3 Å². The molecule has 0 atom stereocenters. The van der Waals surface area contributed by atoms with Crippen LogP contribution >= 0.6 is 0 Å². The number of fused-ring (bicyclic) bond motifs is 1. The Hall–Kier alpha value is -3.36. The van der Waals surface area contributed by atoms with Gasteiger partial charge in [0.2, 0.25) is 0 Å². The highest BCUT2D eigenvalue weighted by molar-refractivity contribution is 5.93. The van der Waals surface area contributed by atoms with Crippen LogP contribution in [0.1, 0.15) is 38.3 Å². The molecule has 1 fully saturated rings. The molecule has 1 N–H and O–H groups in total. The van der Waals surface area contributed by atoms with E-state index in [1.165, 1.54) is 0 Å². The standard InChI is InChI=1S/C23H30N8O/c1-5-31-20-10-22(24-12-19(20)23(28-31)16-11-25-29(3)14-16)27-17-6-8-18(9-7-17)32-21-13-26-30(4)15(21)2/h10-14,17-18H,5-9H2,1-4H3,(H,24,27). The second-order valence-electron chi connectivity index (χ2n) is 8.61. The number of aromatic nitrogens is 7. The van der Waals surface area contributed by atoms with Gasteiger partial charge in [0.15, 0.2) is 5.75 Å². The van der Waals surface area contributed by atoms with Crippen LogP contribution in [0.25, 0.3) is 22.2 Å². The second kappa shape index (κ2) is 8.29. The van der Waals surface area contributed by atoms with E-state index < -0.39 is 0 Å². The number of nitrogens with one attached hydrogen (secondary N) is 1. The lowest BCUT2D eigenvalue weighted by molar-refractivity contribution is 0.149. The first kappa shape index (κ1) is 20.5. The zero-order valence-electron chi connectivity index (χ0n) is 19.1. The largest absolute Gasteiger partial charge is 0.487 e. The van der Waals surface area contributed by atoms with Gasteiger partial charge in [0.25, 0.3) is 0 Å². The number of nitrogens with zero attached hydrogens (tertiary/aromatic N) is 7. The lowest BCUT2D eigenvalue weighted by Gasteiger charge is -2.29. The normalized spacial score (nSPS) is 18.9. The van der Waals surface area contributed by atoms with Crippen molar-refractivity contribution in [3.8, 4) is 17.0 Å². The predicted octanol–water partition coefficient (Wildman–Crippen LogP) is 3.70. The molecular weight excluding hydrogens is 404 g/mol. The molecule has 5 rings (SSSR count). The number of hydrogen-bond donors (Lipinski definition) is 1. The van der Waals surface area contributed by atoms with Crippen LogP contribution < -0.4 is 10.1 Å². The van der Waals surface area contributed by atoms with Gasteiger partial charge in [-0.25, -0.2) is 4.98 Å². The van der Waals surface area contributed by atoms with Gasteiger partial charge in [0, 0.05) is 56.1 Å². The maximum Gasteiger partial charge on any atom is 0.160 e. The molecule has 4 aromatic heterocycles. The molecule has 1 aliphatic rings. The molecule has 168 valence electrons. The fourth-order valence-corrected chi connectivity index (χ4v) is 4.45. The number of ether oxygens (including phenoxy) is 1. The van der Waals surface area contributed by atoms with Crippen molar-refractivity contribution < 1.29 is 4.74 Å². The number of pyridine rings is 1. The van der Waals surface area contributed by atoms with Crippen molar-refractivity contribution in [3.05, 3.63) is 36.5 Å². The van der Waals surface area contributed by atoms with E-state index in [-0.39, 0.29) is 6.10 Å². The number of anilines is 1. The van der Waals surface area contributed by atoms with Crippen molar-refractivity contribution in [2.45, 2.75) is 58.2 Å². The third kappa shape index (κ3) is 3.83. The topological polar surface area (TPSA) is 87.6 Å². The van der Waals surface area contributed by atoms with E-state index in [0.29, 0.717) is 6.04 Å². The van der Waals surface area contributed by atoms with Crippen LogP contribution in [-0.2, 0) is 20.6 Å². The van der Waals surface area contributed by atoms with Gasteiger partial charge in [-0.05, 0) is 39.5 Å². The van der Waals surface area contributed by atoms with Crippen LogP contribution in [0.15, 0.2) is 30.9 Å². The van der Waals surface area contributed by atoms with Crippen molar-refractivity contribution in [1.29, 1.82) is 0 Å². The summed E-state index contributed by atoms with van der Waals surface area (Å²) in [5.74, 6) is 1.80. The van der Waals surface area contributed by atoms with Crippen molar-refractivity contribution >= 4 is 16.7 Å². The van der Waals surface area contributed by atoms with Crippen LogP contribution in [0.2, 0.25) is 0 Å². The summed E-state index contributed by atoms with van der Waals surface area (Å²) < 4.78 is 11.9. The van der Waals surface area contributed by atoms with Gasteiger partial charge < -0.3 is 10.1 Å². The summed E-state index contributed by atoms with van der Waals surface area (Å²) in [4.78, 5) is 4.71. The highest BCUT2D eigenvalue weighted by atomic mass is 16.5. The highest BCUT2D eigenvalue weighted by Gasteiger charge is 2.24. The quantitative estimate of drug-likeness (QED) is 0.498. The van der Waals surface area contributed by atoms with E-state index in [9.17, 15) is 0 Å². The Morgan fingerprint density at radius 1 is 1.09 bits per heavy atom. The zero-order valence-corrected chi connectivity index (χ0v) is 19.1. The third-order valence-electron chi connectivity index (χ3n) is 6.42. The summed E-state index contributed by atoms with van der Waals surface area (Å²) in [6.45, 7) is 4.95. The Balaban J connectivity index is 1.27. The fourth-order valence-electron chi connectivity index (χ4n) is 4.45. The Morgan fingerprint density at radius 2 is 1.91 bits per heavy atom. The average Bonchev–Trinajstić information content (AvgIpc) is 3.48. The Morgan fingerprint density at radius 3 is 2.56 bits per heavy atom. The molecule has 4 aromatic rings. The first-order chi connectivity index (χ1) is 15.5. The van der Waals surface area contributed by atoms with E-state index in [4.69, 9.17) is 14.8 Å². The monoisotopic (exact) mass is 434 g/mol. The maximum absolute atomic E-state index is 6.19. The Bertz CT molecular complexity index is 1230. The van der Waals surface area contributed by atoms with Gasteiger partial charge in [-0.2, -0.15) is 15.3 Å². The Kier molecular flexibility index (Phi) is 5.32. The van der Waals surface area contributed by atoms with E-state index in [0.717, 1.165) is 71.6 Å². The predicted molar refractivity (Wildman–Crippen MR) is 124 cm³/mol. The lowest BCUT2D eigenvalue weighted by atomic mass is 9.93. The smallest absolute Gasteiger partial charge is 0.160 e. The summed E-state index contributed by atoms with van der Waals surface area (Å²) >= 11 is 0. The molecule has 1 aliphatic carbocycles. The maximum atomic E-state index is 6.19. The molecule has 0 spiro atoms. The average molecular weight is 435 g/mol. The molecule has 0 radical (unpaired) electrons. The van der Waals surface area contributed by atoms with Crippen LogP contribution in [0.4, 0.5) is 5.82 Å². The van der Waals surface area contributed by atoms with Crippen LogP contribution in [0.5, 0.6) is 5.75 Å². The minimum Gasteiger partial charge on any atom is -0.487 e. The number of rotatable bonds is 6. The van der Waals surface area contributed by atoms with Crippen molar-refractivity contribution in [3.63, 3.8) is 0 Å². The molecule has 0 bridgehead atoms. The molecule has 0 aliphatic heterocycles. The van der Waals surface area contributed by atoms with Crippen LogP contribution in [-0.4, -0.2) is 46.5 Å². The zero-order chi connectivity index (χ0) is 22.2. The molecule has 32 heavy (non-hydrogen) atoms. The van der Waals surface area contributed by atoms with Crippen LogP contribution in [0, 0.1) is 6.92 Å². The minimum absolute atomic E-state index is 0.245. The number of aryl methyl sites for hydroxylation is 3. The molecule has 0 unspecified atom stereocenters. The molecule has 0 aromatic carbocycles. The summed E-state index contributed by atoms with van der Waals surface area (Å²) in [6.07, 6.45) is 12.0. The van der Waals surface area contributed by atoms with Gasteiger partial charge >= 0.3 is 0 Å². The Labute approximate surface area is 187 Å². The molecule has 4 heterocycles. The van der Waals surface area contributed by atoms with E-state index in [1.807, 2.05) is 55.2 Å². The van der Waals surface area contributed by atoms with Crippen molar-refractivity contribution in [2.24, 2.45) is 14.1 Å². The van der Waals surface area contributed by atoms with Gasteiger partial charge in [-0.15, -0.1) is 0 Å². The number of hydrogen-bond acceptors (Lipinski definition) is 6. The summed E-state index contributed by atoms with van der Waals surface area (Å²) in [5.41, 5.74) is 4.10. The molecule has 9 nitrogen and oxygen atoms in total. The van der Waals surface area contributed by atoms with Crippen LogP contribution in [0.3, 0.4) is 0 Å².